The second-order valence-electron chi connectivity index (χ2n) is 5.43. The molecule has 0 saturated heterocycles. The molecule has 6 nitrogen and oxygen atoms in total. The molecule has 3 aromatic rings. The molecule has 0 saturated carbocycles. The highest BCUT2D eigenvalue weighted by atomic mass is 16.3. The van der Waals surface area contributed by atoms with Gasteiger partial charge >= 0.3 is 0 Å². The van der Waals surface area contributed by atoms with Crippen LogP contribution in [-0.4, -0.2) is 29.5 Å². The number of aromatic nitrogens is 2. The predicted molar refractivity (Wildman–Crippen MR) is 98.1 cm³/mol. The van der Waals surface area contributed by atoms with E-state index >= 15 is 0 Å². The molecule has 0 aliphatic carbocycles. The molecule has 0 fully saturated rings. The van der Waals surface area contributed by atoms with Gasteiger partial charge in [-0.15, -0.1) is 0 Å². The van der Waals surface area contributed by atoms with Gasteiger partial charge in [-0.25, -0.2) is 4.98 Å². The van der Waals surface area contributed by atoms with Gasteiger partial charge in [0.2, 0.25) is 5.89 Å². The molecule has 128 valence electrons. The molecule has 2 N–H and O–H groups in total. The maximum atomic E-state index is 5.54. The van der Waals surface area contributed by atoms with Crippen molar-refractivity contribution >= 4 is 5.96 Å². The van der Waals surface area contributed by atoms with E-state index in [2.05, 4.69) is 25.6 Å². The third kappa shape index (κ3) is 4.91. The smallest absolute Gasteiger partial charge is 0.226 e. The molecule has 0 unspecified atom stereocenters. The Labute approximate surface area is 147 Å². The molecule has 1 aromatic carbocycles. The number of oxazole rings is 1. The molecule has 0 atom stereocenters. The fraction of sp³-hybridized carbons (Fsp3) is 0.211. The van der Waals surface area contributed by atoms with E-state index in [0.717, 1.165) is 35.9 Å². The topological polar surface area (TPSA) is 75.3 Å². The summed E-state index contributed by atoms with van der Waals surface area (Å²) in [4.78, 5) is 13.0. The van der Waals surface area contributed by atoms with Gasteiger partial charge in [0.05, 0.1) is 12.2 Å². The van der Waals surface area contributed by atoms with Crippen LogP contribution in [0, 0.1) is 0 Å². The van der Waals surface area contributed by atoms with Crippen molar-refractivity contribution in [3.8, 4) is 11.5 Å². The third-order valence-corrected chi connectivity index (χ3v) is 3.63. The number of pyridine rings is 1. The number of benzene rings is 1. The van der Waals surface area contributed by atoms with Gasteiger partial charge in [-0.1, -0.05) is 24.3 Å². The number of hydrogen-bond acceptors (Lipinski definition) is 4. The quantitative estimate of drug-likeness (QED) is 0.535. The molecular formula is C19H21N5O. The first-order valence-corrected chi connectivity index (χ1v) is 8.19. The molecule has 0 aliphatic rings. The molecule has 0 bridgehead atoms. The summed E-state index contributed by atoms with van der Waals surface area (Å²) in [6, 6.07) is 15.8. The normalized spacial score (nSPS) is 11.3. The molecular weight excluding hydrogens is 314 g/mol. The largest absolute Gasteiger partial charge is 0.444 e. The fourth-order valence-electron chi connectivity index (χ4n) is 2.35. The van der Waals surface area contributed by atoms with Gasteiger partial charge in [-0.3, -0.25) is 9.98 Å². The number of nitrogens with zero attached hydrogens (tertiary/aromatic N) is 3. The van der Waals surface area contributed by atoms with E-state index in [4.69, 9.17) is 4.42 Å². The molecule has 0 aliphatic heterocycles. The predicted octanol–water partition coefficient (Wildman–Crippen LogP) is 2.64. The summed E-state index contributed by atoms with van der Waals surface area (Å²) in [5.74, 6) is 1.34. The maximum absolute atomic E-state index is 5.54. The van der Waals surface area contributed by atoms with Crippen LogP contribution in [0.3, 0.4) is 0 Å². The van der Waals surface area contributed by atoms with Crippen molar-refractivity contribution in [2.24, 2.45) is 4.99 Å². The number of aliphatic imine (C=N–C) groups is 1. The Hall–Kier alpha value is -3.15. The number of hydrogen-bond donors (Lipinski definition) is 2. The molecule has 6 heteroatoms. The summed E-state index contributed by atoms with van der Waals surface area (Å²) in [6.45, 7) is 1.30. The first kappa shape index (κ1) is 16.7. The second kappa shape index (κ2) is 8.63. The van der Waals surface area contributed by atoms with E-state index in [1.165, 1.54) is 0 Å². The highest BCUT2D eigenvalue weighted by Gasteiger charge is 2.07. The Balaban J connectivity index is 1.47. The van der Waals surface area contributed by atoms with Crippen LogP contribution >= 0.6 is 0 Å². The monoisotopic (exact) mass is 335 g/mol. The average Bonchev–Trinajstić information content (AvgIpc) is 3.15. The van der Waals surface area contributed by atoms with Gasteiger partial charge in [-0.05, 0) is 24.3 Å². The van der Waals surface area contributed by atoms with Crippen molar-refractivity contribution in [1.29, 1.82) is 0 Å². The van der Waals surface area contributed by atoms with E-state index < -0.39 is 0 Å². The molecule has 0 radical (unpaired) electrons. The number of rotatable bonds is 6. The summed E-state index contributed by atoms with van der Waals surface area (Å²) >= 11 is 0. The van der Waals surface area contributed by atoms with E-state index in [1.807, 2.05) is 48.5 Å². The first-order chi connectivity index (χ1) is 12.3. The van der Waals surface area contributed by atoms with Crippen molar-refractivity contribution in [3.63, 3.8) is 0 Å². The zero-order valence-electron chi connectivity index (χ0n) is 14.1. The van der Waals surface area contributed by atoms with E-state index in [0.29, 0.717) is 12.4 Å². The zero-order chi connectivity index (χ0) is 17.3. The lowest BCUT2D eigenvalue weighted by Crippen LogP contribution is -2.38. The SMILES string of the molecule is CN=C(NCCc1ccccn1)NCc1coc(-c2ccccc2)n1. The standard InChI is InChI=1S/C19H21N5O/c1-20-19(22-12-10-16-9-5-6-11-21-16)23-13-17-14-25-18(24-17)15-7-3-2-4-8-15/h2-9,11,14H,10,12-13H2,1H3,(H2,20,22,23). The molecule has 0 spiro atoms. The first-order valence-electron chi connectivity index (χ1n) is 8.19. The van der Waals surface area contributed by atoms with E-state index in [1.54, 1.807) is 19.5 Å². The molecule has 2 heterocycles. The molecule has 2 aromatic heterocycles. The van der Waals surface area contributed by atoms with Crippen LogP contribution in [0.1, 0.15) is 11.4 Å². The Morgan fingerprint density at radius 1 is 1.04 bits per heavy atom. The molecule has 0 amide bonds. The van der Waals surface area contributed by atoms with Gasteiger partial charge in [0.25, 0.3) is 0 Å². The summed E-state index contributed by atoms with van der Waals surface area (Å²) in [7, 11) is 1.74. The van der Waals surface area contributed by atoms with Crippen molar-refractivity contribution in [2.45, 2.75) is 13.0 Å². The Morgan fingerprint density at radius 3 is 2.64 bits per heavy atom. The van der Waals surface area contributed by atoms with Gasteiger partial charge in [0.15, 0.2) is 5.96 Å². The van der Waals surface area contributed by atoms with Crippen LogP contribution in [0.5, 0.6) is 0 Å². The van der Waals surface area contributed by atoms with Crippen molar-refractivity contribution < 1.29 is 4.42 Å². The maximum Gasteiger partial charge on any atom is 0.226 e. The molecule has 3 rings (SSSR count). The Kier molecular flexibility index (Phi) is 5.77. The minimum absolute atomic E-state index is 0.541. The zero-order valence-corrected chi connectivity index (χ0v) is 14.1. The van der Waals surface area contributed by atoms with Crippen molar-refractivity contribution in [3.05, 3.63) is 72.4 Å². The lowest BCUT2D eigenvalue weighted by molar-refractivity contribution is 0.572. The second-order valence-corrected chi connectivity index (χ2v) is 5.43. The average molecular weight is 335 g/mol. The van der Waals surface area contributed by atoms with Gasteiger partial charge < -0.3 is 15.1 Å². The fourth-order valence-corrected chi connectivity index (χ4v) is 2.35. The summed E-state index contributed by atoms with van der Waals surface area (Å²) in [5.41, 5.74) is 2.84. The van der Waals surface area contributed by atoms with Crippen LogP contribution in [-0.2, 0) is 13.0 Å². The molecule has 25 heavy (non-hydrogen) atoms. The van der Waals surface area contributed by atoms with Crippen LogP contribution in [0.25, 0.3) is 11.5 Å². The van der Waals surface area contributed by atoms with Crippen LogP contribution in [0.2, 0.25) is 0 Å². The number of nitrogens with one attached hydrogen (secondary N) is 2. The summed E-state index contributed by atoms with van der Waals surface area (Å²) < 4.78 is 5.54. The lowest BCUT2D eigenvalue weighted by Gasteiger charge is -2.10. The lowest BCUT2D eigenvalue weighted by atomic mass is 10.2. The van der Waals surface area contributed by atoms with Gasteiger partial charge in [0, 0.05) is 37.5 Å². The summed E-state index contributed by atoms with van der Waals surface area (Å²) in [6.07, 6.45) is 4.30. The van der Waals surface area contributed by atoms with Gasteiger partial charge in [-0.2, -0.15) is 0 Å². The highest BCUT2D eigenvalue weighted by molar-refractivity contribution is 5.79. The minimum atomic E-state index is 0.541. The Bertz CT molecular complexity index is 799. The van der Waals surface area contributed by atoms with E-state index in [-0.39, 0.29) is 0 Å². The summed E-state index contributed by atoms with van der Waals surface area (Å²) in [5, 5.41) is 6.50. The van der Waals surface area contributed by atoms with Crippen molar-refractivity contribution in [2.75, 3.05) is 13.6 Å². The van der Waals surface area contributed by atoms with E-state index in [9.17, 15) is 0 Å². The highest BCUT2D eigenvalue weighted by Crippen LogP contribution is 2.17. The van der Waals surface area contributed by atoms with Crippen LogP contribution in [0.4, 0.5) is 0 Å². The third-order valence-electron chi connectivity index (χ3n) is 3.63. The van der Waals surface area contributed by atoms with Crippen LogP contribution < -0.4 is 10.6 Å². The minimum Gasteiger partial charge on any atom is -0.444 e. The Morgan fingerprint density at radius 2 is 1.88 bits per heavy atom. The van der Waals surface area contributed by atoms with Gasteiger partial charge in [0.1, 0.15) is 6.26 Å². The number of guanidine groups is 1. The van der Waals surface area contributed by atoms with Crippen LogP contribution in [0.15, 0.2) is 70.4 Å². The van der Waals surface area contributed by atoms with Crippen molar-refractivity contribution in [1.82, 2.24) is 20.6 Å².